The Labute approximate surface area is 392 Å². The van der Waals surface area contributed by atoms with E-state index in [2.05, 4.69) is 42.5 Å². The summed E-state index contributed by atoms with van der Waals surface area (Å²) in [6.07, 6.45) is 9.76. The van der Waals surface area contributed by atoms with Crippen molar-refractivity contribution in [2.24, 2.45) is 47.3 Å². The van der Waals surface area contributed by atoms with Gasteiger partial charge in [-0.2, -0.15) is 0 Å². The average molecular weight is 859 g/mol. The molecule has 8 bridgehead atoms. The Morgan fingerprint density at radius 1 is 0.345 bits per heavy atom. The monoisotopic (exact) mass is 858 g/mol. The Bertz CT molecular complexity index is 1730. The standard InChI is InChI=1S/C32H56N8O9S3.3Na/c41-50(42,43)21-13-20-22(24(52(47,48)49)23(21)51(44,45)46)32-39-30-19-12-6-5-11-18(19)28(37-30)35-26-15-8-2-1-7-14(15)25(33-26)34-27-16-9-3-4-10-17(16)29(36-27)38-31(20)40-32;;;/h14-40H,1-13H2,(H,41,42,43)(H,44,45,46)(H,47,48,49);;;/q;3*+1/p-3. The van der Waals surface area contributed by atoms with Gasteiger partial charge < -0.3 is 13.7 Å². The molecule has 55 heavy (non-hydrogen) atoms. The van der Waals surface area contributed by atoms with Crippen LogP contribution in [0.4, 0.5) is 0 Å². The van der Waals surface area contributed by atoms with Crippen molar-refractivity contribution < 1.29 is 128 Å². The van der Waals surface area contributed by atoms with Crippen LogP contribution in [-0.4, -0.2) is 104 Å². The van der Waals surface area contributed by atoms with Crippen LogP contribution < -0.4 is 131 Å². The van der Waals surface area contributed by atoms with Crippen molar-refractivity contribution in [3.8, 4) is 0 Å². The molecule has 0 aromatic heterocycles. The van der Waals surface area contributed by atoms with Crippen LogP contribution in [-0.2, 0) is 30.4 Å². The number of hydrogen-bond donors (Lipinski definition) is 8. The molecule has 0 aromatic rings. The zero-order chi connectivity index (χ0) is 36.3. The van der Waals surface area contributed by atoms with Crippen molar-refractivity contribution >= 4 is 30.4 Å². The molecule has 5 aliphatic heterocycles. The summed E-state index contributed by atoms with van der Waals surface area (Å²) in [4.78, 5) is 0. The molecule has 17 nitrogen and oxygen atoms in total. The third-order valence-electron chi connectivity index (χ3n) is 15.0. The molecule has 9 aliphatic rings. The molecule has 19 unspecified atom stereocenters. The van der Waals surface area contributed by atoms with E-state index < -0.39 is 76.7 Å². The summed E-state index contributed by atoms with van der Waals surface area (Å²) in [7, 11) is -16.9. The zero-order valence-corrected chi connectivity index (χ0v) is 40.5. The second-order valence-electron chi connectivity index (χ2n) is 17.4. The van der Waals surface area contributed by atoms with Crippen molar-refractivity contribution in [1.29, 1.82) is 0 Å². The van der Waals surface area contributed by atoms with E-state index in [1.807, 2.05) is 0 Å². The largest absolute Gasteiger partial charge is 1.00 e. The summed E-state index contributed by atoms with van der Waals surface area (Å²) >= 11 is 0. The van der Waals surface area contributed by atoms with Crippen LogP contribution in [0.15, 0.2) is 0 Å². The second-order valence-corrected chi connectivity index (χ2v) is 22.1. The van der Waals surface area contributed by atoms with E-state index >= 15 is 0 Å². The smallest absolute Gasteiger partial charge is 0.748 e. The van der Waals surface area contributed by atoms with Crippen LogP contribution in [0.1, 0.15) is 83.5 Å². The van der Waals surface area contributed by atoms with Crippen molar-refractivity contribution in [3.63, 3.8) is 0 Å². The predicted molar refractivity (Wildman–Crippen MR) is 184 cm³/mol. The van der Waals surface area contributed by atoms with Crippen LogP contribution in [0.2, 0.25) is 0 Å². The van der Waals surface area contributed by atoms with Crippen molar-refractivity contribution in [3.05, 3.63) is 0 Å². The summed E-state index contributed by atoms with van der Waals surface area (Å²) in [5.41, 5.74) is 0. The van der Waals surface area contributed by atoms with Gasteiger partial charge in [0.2, 0.25) is 0 Å². The minimum Gasteiger partial charge on any atom is -0.748 e. The van der Waals surface area contributed by atoms with E-state index in [1.165, 1.54) is 12.8 Å². The van der Waals surface area contributed by atoms with E-state index in [0.717, 1.165) is 64.2 Å². The fourth-order valence-electron chi connectivity index (χ4n) is 13.0. The van der Waals surface area contributed by atoms with Crippen LogP contribution in [0, 0.1) is 47.3 Å². The van der Waals surface area contributed by atoms with Crippen LogP contribution in [0.25, 0.3) is 0 Å². The first-order valence-electron chi connectivity index (χ1n) is 19.6. The van der Waals surface area contributed by atoms with Crippen LogP contribution in [0.5, 0.6) is 0 Å². The van der Waals surface area contributed by atoms with E-state index in [9.17, 15) is 38.9 Å². The summed E-state index contributed by atoms with van der Waals surface area (Å²) < 4.78 is 116. The number of rotatable bonds is 3. The van der Waals surface area contributed by atoms with Gasteiger partial charge in [-0.05, 0) is 86.4 Å². The van der Waals surface area contributed by atoms with Crippen LogP contribution >= 0.6 is 0 Å². The van der Waals surface area contributed by atoms with Gasteiger partial charge in [0, 0.05) is 5.92 Å². The third-order valence-corrected chi connectivity index (χ3v) is 19.1. The molecule has 296 valence electrons. The molecule has 8 N–H and O–H groups in total. The molecule has 0 aromatic carbocycles. The van der Waals surface area contributed by atoms with Crippen LogP contribution in [0.3, 0.4) is 0 Å². The molecule has 23 heteroatoms. The van der Waals surface area contributed by atoms with Gasteiger partial charge in [0.1, 0.15) is 10.1 Å². The summed E-state index contributed by atoms with van der Waals surface area (Å²) in [6.45, 7) is 0. The molecule has 5 saturated heterocycles. The van der Waals surface area contributed by atoms with Crippen molar-refractivity contribution in [2.75, 3.05) is 0 Å². The first kappa shape index (κ1) is 46.9. The minimum absolute atomic E-state index is 0. The van der Waals surface area contributed by atoms with Gasteiger partial charge in [0.05, 0.1) is 85.3 Å². The Balaban J connectivity index is 0.00000171. The maximum atomic E-state index is 13.1. The average Bonchev–Trinajstić information content (AvgIpc) is 3.82. The topological polar surface area (TPSA) is 268 Å². The molecule has 9 fully saturated rings. The van der Waals surface area contributed by atoms with Crippen molar-refractivity contribution in [2.45, 2.75) is 149 Å². The first-order valence-corrected chi connectivity index (χ1v) is 24.0. The summed E-state index contributed by atoms with van der Waals surface area (Å²) in [6, 6.07) is 0. The molecular weight excluding hydrogens is 806 g/mol. The number of fused-ring (bicyclic) bond motifs is 20. The van der Waals surface area contributed by atoms with E-state index in [4.69, 9.17) is 0 Å². The van der Waals surface area contributed by atoms with Gasteiger partial charge in [-0.25, -0.2) is 25.3 Å². The number of hydrogen-bond acceptors (Lipinski definition) is 17. The van der Waals surface area contributed by atoms with Crippen molar-refractivity contribution in [1.82, 2.24) is 42.5 Å². The molecule has 9 rings (SSSR count). The normalized spacial score (nSPS) is 49.5. The maximum Gasteiger partial charge on any atom is 1.00 e. The Hall–Kier alpha value is 2.41. The summed E-state index contributed by atoms with van der Waals surface area (Å²) in [5.74, 6) is -0.502. The molecule has 0 spiro atoms. The van der Waals surface area contributed by atoms with Gasteiger partial charge in [-0.15, -0.1) is 0 Å². The fourth-order valence-corrected chi connectivity index (χ4v) is 17.9. The fraction of sp³-hybridized carbons (Fsp3) is 1.00. The SMILES string of the molecule is O=S(=O)([O-])C1CC2C3NC4NC(NC5NC(NC6NC(NC(N3)C2C(S(=O)(=O)[O-])C1S(=O)(=O)[O-])C1CCCCC61)C1CCCCC51)C1CCCCC41.[Na+].[Na+].[Na+]. The molecule has 4 saturated carbocycles. The van der Waals surface area contributed by atoms with E-state index in [1.54, 1.807) is 0 Å². The minimum atomic E-state index is -5.73. The third kappa shape index (κ3) is 8.84. The molecular formula is C32H53N8Na3O9S3. The quantitative estimate of drug-likeness (QED) is 0.0968. The van der Waals surface area contributed by atoms with E-state index in [0.29, 0.717) is 11.8 Å². The Morgan fingerprint density at radius 3 is 0.855 bits per heavy atom. The second kappa shape index (κ2) is 17.9. The molecule has 0 amide bonds. The predicted octanol–water partition coefficient (Wildman–Crippen LogP) is -10.8. The molecule has 5 heterocycles. The Morgan fingerprint density at radius 2 is 0.600 bits per heavy atom. The molecule has 4 aliphatic carbocycles. The van der Waals surface area contributed by atoms with Gasteiger partial charge >= 0.3 is 88.7 Å². The maximum absolute atomic E-state index is 13.1. The first-order chi connectivity index (χ1) is 24.7. The number of nitrogens with one attached hydrogen (secondary N) is 8. The Kier molecular flexibility index (Phi) is 15.3. The zero-order valence-electron chi connectivity index (χ0n) is 32.1. The van der Waals surface area contributed by atoms with Gasteiger partial charge in [-0.3, -0.25) is 42.5 Å². The molecule has 19 atom stereocenters. The van der Waals surface area contributed by atoms with Gasteiger partial charge in [0.25, 0.3) is 0 Å². The molecule has 0 radical (unpaired) electrons. The van der Waals surface area contributed by atoms with Gasteiger partial charge in [-0.1, -0.05) is 38.5 Å². The summed E-state index contributed by atoms with van der Waals surface area (Å²) in [5, 5.41) is 22.6. The van der Waals surface area contributed by atoms with Gasteiger partial charge in [0.15, 0.2) is 0 Å². The van der Waals surface area contributed by atoms with E-state index in [-0.39, 0.29) is 149 Å².